The summed E-state index contributed by atoms with van der Waals surface area (Å²) in [5.41, 5.74) is 0. The lowest BCUT2D eigenvalue weighted by Gasteiger charge is -2.31. The lowest BCUT2D eigenvalue weighted by molar-refractivity contribution is -0.906. The quantitative estimate of drug-likeness (QED) is 0.530. The topological polar surface area (TPSA) is 89.5 Å². The second kappa shape index (κ2) is 8.74. The zero-order valence-electron chi connectivity index (χ0n) is 11.4. The second-order valence-corrected chi connectivity index (χ2v) is 6.35. The highest BCUT2D eigenvalue weighted by atomic mass is 32.3. The monoisotopic (exact) mass is 327 g/mol. The maximum absolute atomic E-state index is 11.1. The van der Waals surface area contributed by atoms with Gasteiger partial charge in [0.15, 0.2) is 0 Å². The fraction of sp³-hybridized carbons (Fsp3) is 1.00. The van der Waals surface area contributed by atoms with Gasteiger partial charge in [-0.05, 0) is 13.8 Å². The summed E-state index contributed by atoms with van der Waals surface area (Å²) < 4.78 is 65.5. The molecule has 0 aromatic heterocycles. The molecular formula is C8H21F2N2O5S2+. The highest BCUT2D eigenvalue weighted by Gasteiger charge is 2.17. The number of ether oxygens (including phenoxy) is 1. The van der Waals surface area contributed by atoms with Gasteiger partial charge in [0, 0.05) is 7.11 Å². The molecule has 0 aliphatic carbocycles. The molecule has 118 valence electrons. The Morgan fingerprint density at radius 2 is 1.42 bits per heavy atom. The molecular weight excluding hydrogens is 306 g/mol. The first-order valence-corrected chi connectivity index (χ1v) is 8.16. The molecule has 1 N–H and O–H groups in total. The van der Waals surface area contributed by atoms with Crippen LogP contribution in [0.1, 0.15) is 13.8 Å². The summed E-state index contributed by atoms with van der Waals surface area (Å²) in [6, 6.07) is 0. The fourth-order valence-corrected chi connectivity index (χ4v) is 1.92. The molecule has 0 unspecified atom stereocenters. The van der Waals surface area contributed by atoms with Crippen molar-refractivity contribution >= 4 is 20.8 Å². The van der Waals surface area contributed by atoms with Crippen LogP contribution in [0.25, 0.3) is 0 Å². The number of nitrogens with zero attached hydrogens (tertiary/aromatic N) is 1. The Hall–Kier alpha value is -0.360. The van der Waals surface area contributed by atoms with Gasteiger partial charge in [0.05, 0.1) is 26.7 Å². The molecule has 0 aromatic carbocycles. The minimum Gasteiger partial charge on any atom is -0.379 e. The van der Waals surface area contributed by atoms with Crippen molar-refractivity contribution in [3.63, 3.8) is 0 Å². The molecule has 0 amide bonds. The number of methoxy groups -OCH3 is 1. The minimum atomic E-state index is -5.49. The first-order chi connectivity index (χ1) is 8.39. The molecule has 0 saturated carbocycles. The van der Waals surface area contributed by atoms with E-state index in [1.54, 1.807) is 7.11 Å². The Labute approximate surface area is 113 Å². The number of hydrogen-bond donors (Lipinski definition) is 1. The molecule has 0 atom stereocenters. The van der Waals surface area contributed by atoms with Crippen LogP contribution < -0.4 is 4.13 Å². The molecule has 0 spiro atoms. The van der Waals surface area contributed by atoms with Gasteiger partial charge in [0.1, 0.15) is 6.54 Å². The predicted molar refractivity (Wildman–Crippen MR) is 67.2 cm³/mol. The third-order valence-electron chi connectivity index (χ3n) is 2.56. The van der Waals surface area contributed by atoms with Crippen LogP contribution in [0.2, 0.25) is 0 Å². The third-order valence-corrected chi connectivity index (χ3v) is 4.15. The van der Waals surface area contributed by atoms with E-state index in [9.17, 15) is 24.6 Å². The van der Waals surface area contributed by atoms with Gasteiger partial charge in [-0.2, -0.15) is 16.8 Å². The van der Waals surface area contributed by atoms with Crippen molar-refractivity contribution in [2.75, 3.05) is 40.4 Å². The molecule has 7 nitrogen and oxygen atoms in total. The zero-order chi connectivity index (χ0) is 15.7. The van der Waals surface area contributed by atoms with Crippen molar-refractivity contribution in [1.29, 1.82) is 0 Å². The normalized spacial score (nSPS) is 12.7. The summed E-state index contributed by atoms with van der Waals surface area (Å²) in [6.45, 7) is 8.83. The van der Waals surface area contributed by atoms with Crippen LogP contribution in [0.4, 0.5) is 7.77 Å². The van der Waals surface area contributed by atoms with E-state index in [4.69, 9.17) is 4.74 Å². The lowest BCUT2D eigenvalue weighted by Crippen LogP contribution is -2.45. The maximum Gasteiger partial charge on any atom is 0.387 e. The molecule has 0 heterocycles. The first kappa shape index (κ1) is 20.9. The largest absolute Gasteiger partial charge is 0.387 e. The second-order valence-electron chi connectivity index (χ2n) is 3.93. The van der Waals surface area contributed by atoms with Crippen molar-refractivity contribution in [2.24, 2.45) is 0 Å². The van der Waals surface area contributed by atoms with Crippen LogP contribution in [0.15, 0.2) is 0 Å². The van der Waals surface area contributed by atoms with Crippen LogP contribution in [0, 0.1) is 0 Å². The van der Waals surface area contributed by atoms with Crippen LogP contribution in [0.3, 0.4) is 0 Å². The predicted octanol–water partition coefficient (Wildman–Crippen LogP) is 0.124. The van der Waals surface area contributed by atoms with Gasteiger partial charge < -0.3 is 9.22 Å². The molecule has 11 heteroatoms. The highest BCUT2D eigenvalue weighted by Crippen LogP contribution is 1.99. The zero-order valence-corrected chi connectivity index (χ0v) is 13.0. The van der Waals surface area contributed by atoms with E-state index < -0.39 is 20.8 Å². The van der Waals surface area contributed by atoms with Crippen LogP contribution in [0.5, 0.6) is 0 Å². The molecule has 0 aliphatic rings. The Morgan fingerprint density at radius 3 is 1.58 bits per heavy atom. The summed E-state index contributed by atoms with van der Waals surface area (Å²) >= 11 is 0. The van der Waals surface area contributed by atoms with E-state index in [2.05, 4.69) is 20.9 Å². The van der Waals surface area contributed by atoms with Gasteiger partial charge >= 0.3 is 20.8 Å². The minimum absolute atomic E-state index is 0.0694. The molecule has 0 rings (SSSR count). The SMILES string of the molecule is CC[N+](C)(CC)CCOC.O=S(=O)(F)NS(=O)(=O)F. The molecule has 0 fully saturated rings. The van der Waals surface area contributed by atoms with Crippen molar-refractivity contribution in [3.05, 3.63) is 0 Å². The fourth-order valence-electron chi connectivity index (χ4n) is 0.970. The van der Waals surface area contributed by atoms with E-state index in [0.29, 0.717) is 0 Å². The third kappa shape index (κ3) is 15.6. The standard InChI is InChI=1S/C8H20NO.F2HNO4S2/c1-5-9(3,6-2)7-8-10-4;1-8(4,5)3-9(2,6)7/h5-8H2,1-4H3;3H/q+1;. The molecule has 0 bridgehead atoms. The number of quaternary nitrogens is 1. The summed E-state index contributed by atoms with van der Waals surface area (Å²) in [5.74, 6) is 0. The van der Waals surface area contributed by atoms with Crippen molar-refractivity contribution in [3.8, 4) is 0 Å². The molecule has 19 heavy (non-hydrogen) atoms. The average Bonchev–Trinajstić information content (AvgIpc) is 2.22. The van der Waals surface area contributed by atoms with Crippen LogP contribution in [-0.4, -0.2) is 61.7 Å². The average molecular weight is 327 g/mol. The smallest absolute Gasteiger partial charge is 0.379 e. The van der Waals surface area contributed by atoms with Gasteiger partial charge in [0.25, 0.3) is 0 Å². The summed E-state index contributed by atoms with van der Waals surface area (Å²) in [4.78, 5) is 0. The van der Waals surface area contributed by atoms with E-state index in [0.717, 1.165) is 17.6 Å². The van der Waals surface area contributed by atoms with E-state index in [1.165, 1.54) is 13.1 Å². The Kier molecular flexibility index (Phi) is 9.64. The summed E-state index contributed by atoms with van der Waals surface area (Å²) in [7, 11) is -6.97. The lowest BCUT2D eigenvalue weighted by atomic mass is 10.4. The number of likely N-dealkylation sites (N-methyl/N-ethyl adjacent to an activating group) is 1. The van der Waals surface area contributed by atoms with Gasteiger partial charge in [-0.25, -0.2) is 0 Å². The van der Waals surface area contributed by atoms with Gasteiger partial charge in [0.2, 0.25) is 0 Å². The number of nitrogens with one attached hydrogen (secondary N) is 1. The molecule has 0 saturated heterocycles. The Balaban J connectivity index is 0. The van der Waals surface area contributed by atoms with Gasteiger partial charge in [-0.3, -0.25) is 0 Å². The first-order valence-electron chi connectivity index (χ1n) is 5.39. The molecule has 0 aromatic rings. The van der Waals surface area contributed by atoms with E-state index >= 15 is 0 Å². The van der Waals surface area contributed by atoms with Gasteiger partial charge in [-0.15, -0.1) is 0 Å². The Bertz CT molecular complexity index is 404. The van der Waals surface area contributed by atoms with E-state index in [-0.39, 0.29) is 4.13 Å². The van der Waals surface area contributed by atoms with E-state index in [1.807, 2.05) is 0 Å². The highest BCUT2D eigenvalue weighted by molar-refractivity contribution is 7.99. The summed E-state index contributed by atoms with van der Waals surface area (Å²) in [5, 5.41) is 0. The van der Waals surface area contributed by atoms with Crippen molar-refractivity contribution in [2.45, 2.75) is 13.8 Å². The molecule has 0 radical (unpaired) electrons. The van der Waals surface area contributed by atoms with Crippen molar-refractivity contribution < 1.29 is 33.8 Å². The van der Waals surface area contributed by atoms with Crippen molar-refractivity contribution in [1.82, 2.24) is 4.13 Å². The number of halogens is 2. The summed E-state index contributed by atoms with van der Waals surface area (Å²) in [6.07, 6.45) is 0. The van der Waals surface area contributed by atoms with Gasteiger partial charge in [-0.1, -0.05) is 11.9 Å². The van der Waals surface area contributed by atoms with Crippen LogP contribution in [-0.2, 0) is 25.6 Å². The van der Waals surface area contributed by atoms with Crippen LogP contribution >= 0.6 is 0 Å². The molecule has 0 aliphatic heterocycles. The Morgan fingerprint density at radius 1 is 1.05 bits per heavy atom. The number of hydrogen-bond acceptors (Lipinski definition) is 5. The number of rotatable bonds is 7. The maximum atomic E-state index is 11.1.